The summed E-state index contributed by atoms with van der Waals surface area (Å²) in [7, 11) is 0. The summed E-state index contributed by atoms with van der Waals surface area (Å²) in [5.74, 6) is 0. The Morgan fingerprint density at radius 1 is 0.353 bits per heavy atom. The Morgan fingerprint density at radius 2 is 0.961 bits per heavy atom. The summed E-state index contributed by atoms with van der Waals surface area (Å²) in [5, 5.41) is 11.3. The summed E-state index contributed by atoms with van der Waals surface area (Å²) in [6, 6.07) is 53.5. The fourth-order valence-electron chi connectivity index (χ4n) is 8.37. The lowest BCUT2D eigenvalue weighted by Gasteiger charge is -2.21. The third kappa shape index (κ3) is 4.16. The Hall–Kier alpha value is -6.70. The first-order valence-corrected chi connectivity index (χ1v) is 17.3. The molecule has 236 valence electrons. The molecule has 0 amide bonds. The van der Waals surface area contributed by atoms with Crippen molar-refractivity contribution < 1.29 is 9.90 Å². The molecule has 1 nitrogen and oxygen atoms in total. The van der Waals surface area contributed by atoms with Crippen LogP contribution in [0.25, 0.3) is 109 Å². The van der Waals surface area contributed by atoms with Crippen molar-refractivity contribution in [3.05, 3.63) is 182 Å². The minimum absolute atomic E-state index is 0.0506. The molecule has 0 radical (unpaired) electrons. The Morgan fingerprint density at radius 3 is 1.80 bits per heavy atom. The molecular weight excluding hydrogens is 617 g/mol. The molecule has 0 saturated carbocycles. The van der Waals surface area contributed by atoms with E-state index in [1.165, 1.54) is 0 Å². The lowest BCUT2D eigenvalue weighted by Crippen LogP contribution is -1.93. The van der Waals surface area contributed by atoms with E-state index < -0.39 is 0 Å². The van der Waals surface area contributed by atoms with Crippen LogP contribution in [0.2, 0.25) is 0 Å². The van der Waals surface area contributed by atoms with Gasteiger partial charge in [-0.15, -0.1) is 0 Å². The van der Waals surface area contributed by atoms with Gasteiger partial charge in [0.1, 0.15) is 11.2 Å². The fraction of sp³-hybridized carbons (Fsp3) is 0. The molecule has 0 aliphatic rings. The van der Waals surface area contributed by atoms with Crippen molar-refractivity contribution in [3.8, 4) is 33.4 Å². The van der Waals surface area contributed by atoms with E-state index in [2.05, 4.69) is 97.1 Å². The maximum atomic E-state index is 9.64. The van der Waals surface area contributed by atoms with Crippen molar-refractivity contribution in [1.82, 2.24) is 0 Å². The number of hydrogen-bond acceptors (Lipinski definition) is 1. The van der Waals surface area contributed by atoms with E-state index in [4.69, 9.17) is 7.16 Å². The molecule has 0 spiro atoms. The third-order valence-corrected chi connectivity index (χ3v) is 10.6. The van der Waals surface area contributed by atoms with E-state index in [-0.39, 0.29) is 24.2 Å². The van der Waals surface area contributed by atoms with Gasteiger partial charge in [-0.1, -0.05) is 158 Å². The zero-order chi connectivity index (χ0) is 36.9. The molecule has 0 fully saturated rings. The molecule has 11 aromatic rings. The van der Waals surface area contributed by atoms with Gasteiger partial charge in [0, 0.05) is 10.8 Å². The normalized spacial score (nSPS) is 13.0. The van der Waals surface area contributed by atoms with Gasteiger partial charge < -0.3 is 4.42 Å². The van der Waals surface area contributed by atoms with Gasteiger partial charge in [-0.2, -0.15) is 0 Å². The van der Waals surface area contributed by atoms with Gasteiger partial charge >= 0.3 is 0 Å². The summed E-state index contributed by atoms with van der Waals surface area (Å²) >= 11 is 0. The molecule has 0 aliphatic carbocycles. The van der Waals surface area contributed by atoms with E-state index >= 15 is 0 Å². The average Bonchev–Trinajstić information content (AvgIpc) is 3.62. The molecule has 0 N–H and O–H groups in total. The van der Waals surface area contributed by atoms with Crippen LogP contribution in [-0.2, 0) is 0 Å². The molecular formula is C50H30O. The zero-order valence-electron chi connectivity index (χ0n) is 31.4. The molecule has 51 heavy (non-hydrogen) atoms. The predicted molar refractivity (Wildman–Crippen MR) is 218 cm³/mol. The number of benzene rings is 10. The molecule has 0 atom stereocenters. The molecule has 0 unspecified atom stereocenters. The zero-order valence-corrected chi connectivity index (χ0v) is 27.4. The Balaban J connectivity index is 1.39. The van der Waals surface area contributed by atoms with Gasteiger partial charge in [0.25, 0.3) is 0 Å². The van der Waals surface area contributed by atoms with Crippen LogP contribution in [0.1, 0.15) is 5.48 Å². The van der Waals surface area contributed by atoms with Crippen molar-refractivity contribution in [2.45, 2.75) is 0 Å². The van der Waals surface area contributed by atoms with Crippen molar-refractivity contribution in [2.24, 2.45) is 0 Å². The van der Waals surface area contributed by atoms with Crippen LogP contribution in [-0.4, -0.2) is 0 Å². The summed E-state index contributed by atoms with van der Waals surface area (Å²) < 4.78 is 43.6. The minimum atomic E-state index is -0.251. The van der Waals surface area contributed by atoms with E-state index in [0.29, 0.717) is 10.8 Å². The maximum absolute atomic E-state index is 9.64. The fourth-order valence-corrected chi connectivity index (χ4v) is 8.37. The summed E-state index contributed by atoms with van der Waals surface area (Å²) in [5.41, 5.74) is 7.07. The van der Waals surface area contributed by atoms with Crippen LogP contribution in [0.5, 0.6) is 0 Å². The highest BCUT2D eigenvalue weighted by molar-refractivity contribution is 6.27. The lowest BCUT2D eigenvalue weighted by atomic mass is 9.82. The Bertz CT molecular complexity index is 3430. The number of hydrogen-bond donors (Lipinski definition) is 0. The molecule has 0 saturated heterocycles. The van der Waals surface area contributed by atoms with Gasteiger partial charge in [-0.3, -0.25) is 0 Å². The van der Waals surface area contributed by atoms with Crippen LogP contribution in [0, 0.1) is 0 Å². The predicted octanol–water partition coefficient (Wildman–Crippen LogP) is 14.4. The topological polar surface area (TPSA) is 13.1 Å². The molecule has 0 bridgehead atoms. The van der Waals surface area contributed by atoms with Crippen LogP contribution < -0.4 is 0 Å². The highest BCUT2D eigenvalue weighted by Crippen LogP contribution is 2.49. The molecule has 0 aliphatic heterocycles. The average molecular weight is 651 g/mol. The monoisotopic (exact) mass is 650 g/mol. The van der Waals surface area contributed by atoms with E-state index in [1.54, 1.807) is 0 Å². The first-order valence-electron chi connectivity index (χ1n) is 19.3. The second-order valence-electron chi connectivity index (χ2n) is 13.3. The smallest absolute Gasteiger partial charge is 0.136 e. The van der Waals surface area contributed by atoms with Crippen LogP contribution in [0.3, 0.4) is 0 Å². The van der Waals surface area contributed by atoms with Gasteiger partial charge in [-0.05, 0) is 112 Å². The van der Waals surface area contributed by atoms with Crippen molar-refractivity contribution in [3.63, 3.8) is 0 Å². The molecule has 1 heterocycles. The first-order chi connectivity index (χ1) is 27.0. The van der Waals surface area contributed by atoms with Crippen LogP contribution in [0.4, 0.5) is 0 Å². The highest BCUT2D eigenvalue weighted by atomic mass is 16.3. The highest BCUT2D eigenvalue weighted by Gasteiger charge is 2.21. The van der Waals surface area contributed by atoms with Crippen LogP contribution >= 0.6 is 0 Å². The van der Waals surface area contributed by atoms with Gasteiger partial charge in [0.2, 0.25) is 0 Å². The van der Waals surface area contributed by atoms with Crippen molar-refractivity contribution in [2.75, 3.05) is 0 Å². The quantitative estimate of drug-likeness (QED) is 0.137. The number of furan rings is 1. The maximum Gasteiger partial charge on any atom is 0.136 e. The largest absolute Gasteiger partial charge is 0.456 e. The summed E-state index contributed by atoms with van der Waals surface area (Å²) in [6.07, 6.45) is 0. The number of fused-ring (bicyclic) bond motifs is 9. The van der Waals surface area contributed by atoms with Crippen molar-refractivity contribution >= 4 is 75.8 Å². The molecule has 10 aromatic carbocycles. The van der Waals surface area contributed by atoms with Gasteiger partial charge in [-0.25, -0.2) is 0 Å². The van der Waals surface area contributed by atoms with Gasteiger partial charge in [0.05, 0.1) is 5.48 Å². The van der Waals surface area contributed by atoms with Crippen LogP contribution in [0.15, 0.2) is 186 Å². The molecule has 1 heteroatoms. The van der Waals surface area contributed by atoms with E-state index in [1.807, 2.05) is 60.7 Å². The first kappa shape index (κ1) is 24.4. The molecule has 11 rings (SSSR count). The Labute approximate surface area is 300 Å². The number of rotatable bonds is 3. The van der Waals surface area contributed by atoms with E-state index in [0.717, 1.165) is 98.4 Å². The SMILES string of the molecule is [2H]c1c([2H])c([2H])c2c(-c3cc4ccccc4c4ccccc34)c3ccc(-c4cccc5oc6ccccc6c45)cc3c(-c3cccc4ccccc34)c2c1[2H]. The summed E-state index contributed by atoms with van der Waals surface area (Å²) in [4.78, 5) is 0. The summed E-state index contributed by atoms with van der Waals surface area (Å²) in [6.45, 7) is 0. The van der Waals surface area contributed by atoms with Gasteiger partial charge in [0.15, 0.2) is 0 Å². The van der Waals surface area contributed by atoms with Crippen molar-refractivity contribution in [1.29, 1.82) is 0 Å². The number of para-hydroxylation sites is 1. The third-order valence-electron chi connectivity index (χ3n) is 10.6. The van der Waals surface area contributed by atoms with E-state index in [9.17, 15) is 2.74 Å². The Kier molecular flexibility index (Phi) is 5.22. The minimum Gasteiger partial charge on any atom is -0.456 e. The second kappa shape index (κ2) is 10.9. The lowest BCUT2D eigenvalue weighted by molar-refractivity contribution is 0.669. The second-order valence-corrected chi connectivity index (χ2v) is 13.3. The molecule has 1 aromatic heterocycles. The standard InChI is InChI=1S/C50H30O/c1-3-16-34-31(13-1)15-11-24-39(34)48-40-20-7-8-21-41(40)49(44-29-32-14-2-4-17-35(32)37-18-5-6-19-38(37)44)42-28-27-33(30-45(42)48)36-23-12-26-47-50(36)43-22-9-10-25-46(43)51-47/h1-30H/i7D,8D,20D,21D.